The fourth-order valence-corrected chi connectivity index (χ4v) is 3.96. The Balaban J connectivity index is 1.51. The summed E-state index contributed by atoms with van der Waals surface area (Å²) < 4.78 is 4.39. The van der Waals surface area contributed by atoms with Gasteiger partial charge in [-0.15, -0.1) is 0 Å². The number of piperazine rings is 1. The number of amides is 1. The molecule has 2 aromatic rings. The molecule has 9 heteroatoms. The van der Waals surface area contributed by atoms with Gasteiger partial charge in [-0.1, -0.05) is 19.1 Å². The largest absolute Gasteiger partial charge is 0.352 e. The number of anilines is 1. The maximum absolute atomic E-state index is 12.0. The van der Waals surface area contributed by atoms with Crippen molar-refractivity contribution in [1.82, 2.24) is 24.5 Å². The van der Waals surface area contributed by atoms with E-state index >= 15 is 0 Å². The van der Waals surface area contributed by atoms with E-state index in [4.69, 9.17) is 0 Å². The van der Waals surface area contributed by atoms with E-state index in [0.717, 1.165) is 55.1 Å². The van der Waals surface area contributed by atoms with E-state index in [1.165, 1.54) is 11.5 Å². The highest BCUT2D eigenvalue weighted by Crippen LogP contribution is 2.19. The number of guanidine groups is 1. The summed E-state index contributed by atoms with van der Waals surface area (Å²) in [5.74, 6) is 1.83. The summed E-state index contributed by atoms with van der Waals surface area (Å²) in [4.78, 5) is 27.2. The fourth-order valence-electron chi connectivity index (χ4n) is 3.16. The van der Waals surface area contributed by atoms with Crippen molar-refractivity contribution in [2.24, 2.45) is 4.99 Å². The number of nitrogens with one attached hydrogen (secondary N) is 1. The van der Waals surface area contributed by atoms with Crippen LogP contribution in [0.1, 0.15) is 28.7 Å². The molecule has 0 atom stereocenters. The maximum atomic E-state index is 12.0. The lowest BCUT2D eigenvalue weighted by molar-refractivity contribution is 0.0827. The molecule has 0 spiro atoms. The minimum Gasteiger partial charge on any atom is -0.352 e. The van der Waals surface area contributed by atoms with E-state index < -0.39 is 0 Å². The van der Waals surface area contributed by atoms with Crippen molar-refractivity contribution >= 4 is 28.5 Å². The summed E-state index contributed by atoms with van der Waals surface area (Å²) >= 11 is 1.48. The number of aliphatic imine (C=N–C) groups is 1. The Morgan fingerprint density at radius 3 is 2.45 bits per heavy atom. The van der Waals surface area contributed by atoms with Crippen LogP contribution in [0, 0.1) is 0 Å². The molecule has 3 rings (SSSR count). The van der Waals surface area contributed by atoms with Crippen LogP contribution >= 0.6 is 11.5 Å². The van der Waals surface area contributed by atoms with Crippen LogP contribution in [0.3, 0.4) is 0 Å². The van der Waals surface area contributed by atoms with Gasteiger partial charge in [-0.3, -0.25) is 9.79 Å². The van der Waals surface area contributed by atoms with Crippen LogP contribution in [0.4, 0.5) is 5.13 Å². The molecule has 8 nitrogen and oxygen atoms in total. The summed E-state index contributed by atoms with van der Waals surface area (Å²) in [5, 5.41) is 4.44. The van der Waals surface area contributed by atoms with Crippen molar-refractivity contribution in [3.05, 3.63) is 41.2 Å². The third-order valence-electron chi connectivity index (χ3n) is 4.89. The number of rotatable bonds is 5. The molecule has 1 saturated heterocycles. The van der Waals surface area contributed by atoms with E-state index in [2.05, 4.69) is 36.4 Å². The van der Waals surface area contributed by atoms with Crippen LogP contribution < -0.4 is 10.2 Å². The second kappa shape index (κ2) is 9.69. The molecule has 1 aromatic heterocycles. The average molecular weight is 416 g/mol. The lowest BCUT2D eigenvalue weighted by atomic mass is 10.1. The number of carbonyl (C=O) groups excluding carboxylic acids is 1. The summed E-state index contributed by atoms with van der Waals surface area (Å²) in [6.07, 6.45) is 0.872. The summed E-state index contributed by atoms with van der Waals surface area (Å²) in [6.45, 7) is 6.32. The molecular formula is C20H29N7OS. The zero-order valence-corrected chi connectivity index (χ0v) is 18.4. The highest BCUT2D eigenvalue weighted by atomic mass is 32.1. The van der Waals surface area contributed by atoms with Gasteiger partial charge in [-0.25, -0.2) is 4.98 Å². The maximum Gasteiger partial charge on any atom is 0.253 e. The van der Waals surface area contributed by atoms with Gasteiger partial charge in [-0.05, 0) is 17.7 Å². The molecule has 1 N–H and O–H groups in total. The quantitative estimate of drug-likeness (QED) is 0.592. The molecule has 1 amide bonds. The summed E-state index contributed by atoms with van der Waals surface area (Å²) in [6, 6.07) is 7.70. The first-order valence-corrected chi connectivity index (χ1v) is 10.6. The molecule has 0 saturated carbocycles. The number of hydrogen-bond acceptors (Lipinski definition) is 6. The molecule has 1 fully saturated rings. The van der Waals surface area contributed by atoms with Crippen LogP contribution in [0.15, 0.2) is 29.3 Å². The number of hydrogen-bond donors (Lipinski definition) is 1. The monoisotopic (exact) mass is 415 g/mol. The Morgan fingerprint density at radius 1 is 1.21 bits per heavy atom. The predicted molar refractivity (Wildman–Crippen MR) is 118 cm³/mol. The van der Waals surface area contributed by atoms with Gasteiger partial charge >= 0.3 is 0 Å². The van der Waals surface area contributed by atoms with Gasteiger partial charge in [0, 0.05) is 77.4 Å². The Hall–Kier alpha value is -2.68. The lowest BCUT2D eigenvalue weighted by Gasteiger charge is -2.36. The van der Waals surface area contributed by atoms with Crippen LogP contribution in [-0.4, -0.2) is 78.3 Å². The summed E-state index contributed by atoms with van der Waals surface area (Å²) in [7, 11) is 5.33. The first kappa shape index (κ1) is 21.0. The molecule has 1 aliphatic heterocycles. The van der Waals surface area contributed by atoms with Gasteiger partial charge < -0.3 is 20.0 Å². The van der Waals surface area contributed by atoms with Crippen molar-refractivity contribution < 1.29 is 4.79 Å². The van der Waals surface area contributed by atoms with E-state index in [-0.39, 0.29) is 5.91 Å². The minimum atomic E-state index is 0.0136. The molecule has 0 aliphatic carbocycles. The topological polar surface area (TPSA) is 77.0 Å². The number of aryl methyl sites for hydroxylation is 1. The van der Waals surface area contributed by atoms with E-state index in [0.29, 0.717) is 12.1 Å². The summed E-state index contributed by atoms with van der Waals surface area (Å²) in [5.41, 5.74) is 1.81. The molecular weight excluding hydrogens is 386 g/mol. The average Bonchev–Trinajstić information content (AvgIpc) is 3.24. The number of aromatic nitrogens is 2. The van der Waals surface area contributed by atoms with Crippen molar-refractivity contribution in [3.8, 4) is 0 Å². The predicted octanol–water partition coefficient (Wildman–Crippen LogP) is 1.70. The third kappa shape index (κ3) is 5.23. The van der Waals surface area contributed by atoms with Crippen molar-refractivity contribution in [3.63, 3.8) is 0 Å². The van der Waals surface area contributed by atoms with Crippen LogP contribution in [0.2, 0.25) is 0 Å². The van der Waals surface area contributed by atoms with Crippen LogP contribution in [0.25, 0.3) is 0 Å². The number of nitrogens with zero attached hydrogens (tertiary/aromatic N) is 6. The zero-order chi connectivity index (χ0) is 20.8. The van der Waals surface area contributed by atoms with Gasteiger partial charge in [0.2, 0.25) is 5.13 Å². The Morgan fingerprint density at radius 2 is 1.90 bits per heavy atom. The fraction of sp³-hybridized carbons (Fsp3) is 0.500. The second-order valence-corrected chi connectivity index (χ2v) is 7.85. The minimum absolute atomic E-state index is 0.0136. The number of benzene rings is 1. The molecule has 29 heavy (non-hydrogen) atoms. The van der Waals surface area contributed by atoms with Gasteiger partial charge in [0.25, 0.3) is 5.91 Å². The highest BCUT2D eigenvalue weighted by molar-refractivity contribution is 7.09. The van der Waals surface area contributed by atoms with Crippen LogP contribution in [0.5, 0.6) is 0 Å². The molecule has 1 aromatic carbocycles. The second-order valence-electron chi connectivity index (χ2n) is 7.12. The molecule has 0 unspecified atom stereocenters. The number of carbonyl (C=O) groups is 1. The van der Waals surface area contributed by atoms with Crippen molar-refractivity contribution in [2.75, 3.05) is 52.2 Å². The molecule has 156 valence electrons. The highest BCUT2D eigenvalue weighted by Gasteiger charge is 2.22. The first-order chi connectivity index (χ1) is 14.0. The lowest BCUT2D eigenvalue weighted by Crippen LogP contribution is -2.52. The van der Waals surface area contributed by atoms with Gasteiger partial charge in [0.1, 0.15) is 5.82 Å². The van der Waals surface area contributed by atoms with E-state index in [1.54, 1.807) is 19.0 Å². The zero-order valence-electron chi connectivity index (χ0n) is 17.6. The Labute approximate surface area is 176 Å². The molecule has 0 radical (unpaired) electrons. The van der Waals surface area contributed by atoms with Gasteiger partial charge in [0.15, 0.2) is 5.96 Å². The van der Waals surface area contributed by atoms with Crippen molar-refractivity contribution in [1.29, 1.82) is 0 Å². The molecule has 1 aliphatic rings. The third-order valence-corrected chi connectivity index (χ3v) is 5.71. The normalized spacial score (nSPS) is 14.8. The van der Waals surface area contributed by atoms with Gasteiger partial charge in [-0.2, -0.15) is 4.37 Å². The van der Waals surface area contributed by atoms with Crippen LogP contribution in [-0.2, 0) is 13.0 Å². The molecule has 2 heterocycles. The smallest absolute Gasteiger partial charge is 0.253 e. The SMILES string of the molecule is CCc1nsc(N2CCN(C(=NC)NCc3ccc(C(=O)N(C)C)cc3)CC2)n1. The van der Waals surface area contributed by atoms with E-state index in [9.17, 15) is 4.79 Å². The first-order valence-electron chi connectivity index (χ1n) is 9.85. The van der Waals surface area contributed by atoms with E-state index in [1.807, 2.05) is 31.3 Å². The van der Waals surface area contributed by atoms with Crippen molar-refractivity contribution in [2.45, 2.75) is 19.9 Å². The Kier molecular flexibility index (Phi) is 7.03. The standard InChI is InChI=1S/C20H29N7OS/c1-5-17-23-20(29-24-17)27-12-10-26(11-13-27)19(21-2)22-14-15-6-8-16(9-7-15)18(28)25(3)4/h6-9H,5,10-14H2,1-4H3,(H,21,22). The molecule has 0 bridgehead atoms. The van der Waals surface area contributed by atoms with Gasteiger partial charge in [0.05, 0.1) is 0 Å². The Bertz CT molecular complexity index is 839.